The molecule has 0 radical (unpaired) electrons. The van der Waals surface area contributed by atoms with E-state index in [4.69, 9.17) is 11.6 Å². The number of nitro groups is 1. The highest BCUT2D eigenvalue weighted by molar-refractivity contribution is 6.33. The van der Waals surface area contributed by atoms with Crippen LogP contribution in [0.25, 0.3) is 0 Å². The van der Waals surface area contributed by atoms with Gasteiger partial charge in [-0.2, -0.15) is 5.10 Å². The number of hydrazone groups is 1. The fourth-order valence-electron chi connectivity index (χ4n) is 2.37. The Kier molecular flexibility index (Phi) is 7.22. The minimum atomic E-state index is -0.555. The van der Waals surface area contributed by atoms with Gasteiger partial charge in [-0.15, -0.1) is 0 Å². The van der Waals surface area contributed by atoms with Crippen LogP contribution in [0.1, 0.15) is 29.5 Å². The molecule has 0 aliphatic carbocycles. The highest BCUT2D eigenvalue weighted by Crippen LogP contribution is 2.20. The lowest BCUT2D eigenvalue weighted by Gasteiger charge is -2.08. The van der Waals surface area contributed by atoms with Gasteiger partial charge in [0.15, 0.2) is 0 Å². The maximum Gasteiger partial charge on any atom is 0.270 e. The van der Waals surface area contributed by atoms with Crippen molar-refractivity contribution in [2.24, 2.45) is 5.10 Å². The van der Waals surface area contributed by atoms with Crippen LogP contribution >= 0.6 is 11.6 Å². The number of benzene rings is 2. The summed E-state index contributed by atoms with van der Waals surface area (Å²) in [6.45, 7) is 3.85. The van der Waals surface area contributed by atoms with Gasteiger partial charge in [0.1, 0.15) is 0 Å². The molecule has 0 bridgehead atoms. The molecule has 0 atom stereocenters. The Hall–Kier alpha value is -3.26. The summed E-state index contributed by atoms with van der Waals surface area (Å²) < 4.78 is 0. The largest absolute Gasteiger partial charge is 0.326 e. The molecule has 0 fully saturated rings. The van der Waals surface area contributed by atoms with Crippen LogP contribution in [0.15, 0.2) is 41.5 Å². The molecule has 2 rings (SSSR count). The van der Waals surface area contributed by atoms with Crippen LogP contribution in [0.3, 0.4) is 0 Å². The van der Waals surface area contributed by atoms with Crippen LogP contribution in [0, 0.1) is 24.0 Å². The molecular weight excluding hydrogens is 384 g/mol. The third-order valence-electron chi connectivity index (χ3n) is 3.82. The first kappa shape index (κ1) is 21.0. The van der Waals surface area contributed by atoms with Crippen molar-refractivity contribution in [3.05, 3.63) is 68.2 Å². The van der Waals surface area contributed by atoms with Crippen LogP contribution in [0.2, 0.25) is 5.02 Å². The standard InChI is InChI=1S/C19H19ClN4O4/c1-12-3-6-17(13(2)9-12)22-18(25)7-8-19(26)23-21-11-14-10-15(24(27)28)4-5-16(14)20/h3-6,9-11H,7-8H2,1-2H3,(H,22,25)(H,23,26)/b21-11+. The molecule has 0 aromatic heterocycles. The van der Waals surface area contributed by atoms with Gasteiger partial charge in [0.05, 0.1) is 11.1 Å². The van der Waals surface area contributed by atoms with Gasteiger partial charge >= 0.3 is 0 Å². The van der Waals surface area contributed by atoms with Crippen molar-refractivity contribution < 1.29 is 14.5 Å². The summed E-state index contributed by atoms with van der Waals surface area (Å²) >= 11 is 5.94. The Morgan fingerprint density at radius 1 is 1.14 bits per heavy atom. The lowest BCUT2D eigenvalue weighted by atomic mass is 10.1. The molecule has 0 heterocycles. The summed E-state index contributed by atoms with van der Waals surface area (Å²) in [7, 11) is 0. The van der Waals surface area contributed by atoms with E-state index < -0.39 is 10.8 Å². The van der Waals surface area contributed by atoms with Crippen molar-refractivity contribution in [2.45, 2.75) is 26.7 Å². The van der Waals surface area contributed by atoms with E-state index in [0.717, 1.165) is 11.1 Å². The number of amides is 2. The quantitative estimate of drug-likeness (QED) is 0.417. The molecule has 0 saturated carbocycles. The number of hydrogen-bond donors (Lipinski definition) is 2. The normalized spacial score (nSPS) is 10.7. The van der Waals surface area contributed by atoms with Crippen LogP contribution in [-0.2, 0) is 9.59 Å². The molecule has 146 valence electrons. The molecule has 8 nitrogen and oxygen atoms in total. The van der Waals surface area contributed by atoms with Crippen LogP contribution < -0.4 is 10.7 Å². The van der Waals surface area contributed by atoms with Crippen molar-refractivity contribution in [1.29, 1.82) is 0 Å². The first-order valence-corrected chi connectivity index (χ1v) is 8.77. The SMILES string of the molecule is Cc1ccc(NC(=O)CCC(=O)N/N=C/c2cc([N+](=O)[O-])ccc2Cl)c(C)c1. The molecule has 2 N–H and O–H groups in total. The van der Waals surface area contributed by atoms with Crippen molar-refractivity contribution in [1.82, 2.24) is 5.43 Å². The number of anilines is 1. The van der Waals surface area contributed by atoms with E-state index in [-0.39, 0.29) is 29.5 Å². The Labute approximate surface area is 166 Å². The molecule has 28 heavy (non-hydrogen) atoms. The van der Waals surface area contributed by atoms with Gasteiger partial charge in [-0.1, -0.05) is 29.3 Å². The number of carbonyl (C=O) groups excluding carboxylic acids is 2. The first-order valence-electron chi connectivity index (χ1n) is 8.39. The van der Waals surface area contributed by atoms with Crippen molar-refractivity contribution in [3.8, 4) is 0 Å². The minimum Gasteiger partial charge on any atom is -0.326 e. The summed E-state index contributed by atoms with van der Waals surface area (Å²) in [6, 6.07) is 9.55. The molecule has 9 heteroatoms. The number of nitrogens with one attached hydrogen (secondary N) is 2. The zero-order valence-corrected chi connectivity index (χ0v) is 16.1. The van der Waals surface area contributed by atoms with Gasteiger partial charge in [0, 0.05) is 41.2 Å². The zero-order valence-electron chi connectivity index (χ0n) is 15.4. The summed E-state index contributed by atoms with van der Waals surface area (Å²) in [5.74, 6) is -0.749. The van der Waals surface area contributed by atoms with Gasteiger partial charge in [0.25, 0.3) is 5.69 Å². The molecule has 0 aliphatic rings. The van der Waals surface area contributed by atoms with E-state index in [2.05, 4.69) is 15.8 Å². The lowest BCUT2D eigenvalue weighted by Crippen LogP contribution is -2.21. The summed E-state index contributed by atoms with van der Waals surface area (Å²) in [5.41, 5.74) is 5.16. The van der Waals surface area contributed by atoms with Gasteiger partial charge in [-0.3, -0.25) is 19.7 Å². The predicted octanol–water partition coefficient (Wildman–Crippen LogP) is 3.73. The van der Waals surface area contributed by atoms with E-state index in [1.165, 1.54) is 24.4 Å². The fourth-order valence-corrected chi connectivity index (χ4v) is 2.53. The third kappa shape index (κ3) is 6.17. The highest BCUT2D eigenvalue weighted by Gasteiger charge is 2.10. The average Bonchev–Trinajstić information content (AvgIpc) is 2.63. The molecular formula is C19H19ClN4O4. The zero-order chi connectivity index (χ0) is 20.7. The summed E-state index contributed by atoms with van der Waals surface area (Å²) in [5, 5.41) is 17.5. The number of non-ortho nitro benzene ring substituents is 1. The summed E-state index contributed by atoms with van der Waals surface area (Å²) in [6.07, 6.45) is 1.14. The topological polar surface area (TPSA) is 114 Å². The van der Waals surface area contributed by atoms with Crippen molar-refractivity contribution in [2.75, 3.05) is 5.32 Å². The number of aryl methyl sites for hydroxylation is 2. The fraction of sp³-hybridized carbons (Fsp3) is 0.211. The number of hydrogen-bond acceptors (Lipinski definition) is 5. The van der Waals surface area contributed by atoms with Gasteiger partial charge < -0.3 is 5.32 Å². The Morgan fingerprint density at radius 3 is 2.54 bits per heavy atom. The second kappa shape index (κ2) is 9.61. The monoisotopic (exact) mass is 402 g/mol. The average molecular weight is 403 g/mol. The van der Waals surface area contributed by atoms with E-state index >= 15 is 0 Å². The third-order valence-corrected chi connectivity index (χ3v) is 4.16. The van der Waals surface area contributed by atoms with Gasteiger partial charge in [0.2, 0.25) is 11.8 Å². The lowest BCUT2D eigenvalue weighted by molar-refractivity contribution is -0.384. The molecule has 0 aliphatic heterocycles. The second-order valence-corrected chi connectivity index (χ2v) is 6.53. The molecule has 0 spiro atoms. The van der Waals surface area contributed by atoms with Crippen LogP contribution in [0.4, 0.5) is 11.4 Å². The molecule has 0 saturated heterocycles. The summed E-state index contributed by atoms with van der Waals surface area (Å²) in [4.78, 5) is 34.0. The van der Waals surface area contributed by atoms with E-state index in [1.807, 2.05) is 32.0 Å². The van der Waals surface area contributed by atoms with E-state index in [1.54, 1.807) is 0 Å². The van der Waals surface area contributed by atoms with Crippen molar-refractivity contribution >= 4 is 41.0 Å². The molecule has 2 amide bonds. The molecule has 2 aromatic rings. The predicted molar refractivity (Wildman–Crippen MR) is 108 cm³/mol. The van der Waals surface area contributed by atoms with Crippen LogP contribution in [0.5, 0.6) is 0 Å². The number of carbonyl (C=O) groups is 2. The maximum atomic E-state index is 12.0. The molecule has 2 aromatic carbocycles. The Morgan fingerprint density at radius 2 is 1.86 bits per heavy atom. The highest BCUT2D eigenvalue weighted by atomic mass is 35.5. The van der Waals surface area contributed by atoms with E-state index in [0.29, 0.717) is 11.3 Å². The Bertz CT molecular complexity index is 944. The van der Waals surface area contributed by atoms with E-state index in [9.17, 15) is 19.7 Å². The second-order valence-electron chi connectivity index (χ2n) is 6.12. The number of rotatable bonds is 7. The smallest absolute Gasteiger partial charge is 0.270 e. The van der Waals surface area contributed by atoms with Crippen molar-refractivity contribution in [3.63, 3.8) is 0 Å². The Balaban J connectivity index is 1.84. The molecule has 0 unspecified atom stereocenters. The van der Waals surface area contributed by atoms with Gasteiger partial charge in [-0.05, 0) is 31.5 Å². The van der Waals surface area contributed by atoms with Gasteiger partial charge in [-0.25, -0.2) is 5.43 Å². The number of halogens is 1. The number of nitrogens with zero attached hydrogens (tertiary/aromatic N) is 2. The van der Waals surface area contributed by atoms with Crippen LogP contribution in [-0.4, -0.2) is 23.0 Å². The minimum absolute atomic E-state index is 0.00770. The first-order chi connectivity index (χ1) is 13.3. The maximum absolute atomic E-state index is 12.0. The number of nitro benzene ring substituents is 1.